The smallest absolute Gasteiger partial charge is 0.832 e. The van der Waals surface area contributed by atoms with E-state index in [9.17, 15) is 15.2 Å². The molecule has 128 valence electrons. The van der Waals surface area contributed by atoms with Gasteiger partial charge in [0.25, 0.3) is 0 Å². The minimum Gasteiger partial charge on any atom is -0.832 e. The van der Waals surface area contributed by atoms with Crippen molar-refractivity contribution in [2.45, 2.75) is 13.2 Å². The van der Waals surface area contributed by atoms with Crippen LogP contribution in [0.4, 0.5) is 0 Å². The van der Waals surface area contributed by atoms with Crippen LogP contribution in [-0.4, -0.2) is 31.8 Å². The van der Waals surface area contributed by atoms with E-state index in [1.54, 1.807) is 24.3 Å². The number of ether oxygens (including phenoxy) is 2. The molecule has 0 atom stereocenters. The van der Waals surface area contributed by atoms with Gasteiger partial charge in [-0.1, -0.05) is 0 Å². The summed E-state index contributed by atoms with van der Waals surface area (Å²) in [5.74, 6) is 1.06. The molecule has 0 fully saturated rings. The number of hydrogen-bond donors (Lipinski definition) is 2. The van der Waals surface area contributed by atoms with Crippen LogP contribution in [0.25, 0.3) is 0 Å². The van der Waals surface area contributed by atoms with Gasteiger partial charge in [0.2, 0.25) is 0 Å². The average Bonchev–Trinajstić information content (AvgIpc) is 2.60. The molecule has 0 aliphatic heterocycles. The third kappa shape index (κ3) is 6.43. The molecule has 25 heavy (non-hydrogen) atoms. The van der Waals surface area contributed by atoms with Crippen LogP contribution in [0.15, 0.2) is 36.4 Å². The third-order valence-corrected chi connectivity index (χ3v) is 3.32. The molecule has 0 aromatic heterocycles. The SMILES string of the molecule is COc1ccc(O)c(COB([O-])OCc2cc(OC)ccc2O)c1.[Na+]. The first kappa shape index (κ1) is 21.6. The van der Waals surface area contributed by atoms with Crippen LogP contribution in [0.2, 0.25) is 0 Å². The predicted octanol–water partition coefficient (Wildman–Crippen LogP) is -1.80. The molecule has 0 aliphatic carbocycles. The number of hydrogen-bond acceptors (Lipinski definition) is 7. The Morgan fingerprint density at radius 3 is 1.60 bits per heavy atom. The fraction of sp³-hybridized carbons (Fsp3) is 0.250. The summed E-state index contributed by atoms with van der Waals surface area (Å²) in [4.78, 5) is 0. The zero-order chi connectivity index (χ0) is 17.5. The van der Waals surface area contributed by atoms with Gasteiger partial charge in [-0.25, -0.2) is 0 Å². The van der Waals surface area contributed by atoms with Gasteiger partial charge in [-0.05, 0) is 36.4 Å². The van der Waals surface area contributed by atoms with Gasteiger partial charge in [-0.3, -0.25) is 0 Å². The van der Waals surface area contributed by atoms with Crippen molar-refractivity contribution < 1.29 is 63.6 Å². The van der Waals surface area contributed by atoms with E-state index in [0.717, 1.165) is 0 Å². The van der Waals surface area contributed by atoms with Crippen molar-refractivity contribution in [1.29, 1.82) is 0 Å². The molecule has 2 aromatic rings. The topological polar surface area (TPSA) is 100 Å². The summed E-state index contributed by atoms with van der Waals surface area (Å²) in [5.41, 5.74) is 0.811. The fourth-order valence-corrected chi connectivity index (χ4v) is 1.97. The maximum Gasteiger partial charge on any atom is 1.00 e. The van der Waals surface area contributed by atoms with Crippen molar-refractivity contribution in [3.05, 3.63) is 47.5 Å². The number of methoxy groups -OCH3 is 2. The minimum absolute atomic E-state index is 0. The molecule has 0 amide bonds. The maximum atomic E-state index is 11.7. The van der Waals surface area contributed by atoms with E-state index < -0.39 is 7.32 Å². The summed E-state index contributed by atoms with van der Waals surface area (Å²) in [7, 11) is 1.22. The summed E-state index contributed by atoms with van der Waals surface area (Å²) in [6, 6.07) is 9.22. The molecular weight excluding hydrogens is 338 g/mol. The van der Waals surface area contributed by atoms with Crippen LogP contribution in [0.5, 0.6) is 23.0 Å². The normalized spacial score (nSPS) is 10.0. The molecule has 0 bridgehead atoms. The van der Waals surface area contributed by atoms with E-state index in [0.29, 0.717) is 22.6 Å². The second kappa shape index (κ2) is 10.5. The Balaban J connectivity index is 0.00000312. The molecule has 0 aliphatic rings. The van der Waals surface area contributed by atoms with E-state index in [-0.39, 0.29) is 54.3 Å². The van der Waals surface area contributed by atoms with E-state index in [2.05, 4.69) is 0 Å². The molecule has 9 heteroatoms. The Morgan fingerprint density at radius 1 is 0.840 bits per heavy atom. The third-order valence-electron chi connectivity index (χ3n) is 3.32. The van der Waals surface area contributed by atoms with E-state index in [1.165, 1.54) is 26.4 Å². The van der Waals surface area contributed by atoms with Crippen LogP contribution in [0.3, 0.4) is 0 Å². The van der Waals surface area contributed by atoms with Gasteiger partial charge >= 0.3 is 36.9 Å². The number of rotatable bonds is 8. The van der Waals surface area contributed by atoms with Crippen molar-refractivity contribution in [2.75, 3.05) is 14.2 Å². The molecule has 0 heterocycles. The number of aromatic hydroxyl groups is 2. The molecule has 0 radical (unpaired) electrons. The molecule has 2 rings (SSSR count). The van der Waals surface area contributed by atoms with E-state index >= 15 is 0 Å². The van der Waals surface area contributed by atoms with Crippen LogP contribution < -0.4 is 44.1 Å². The molecular formula is C16H18BNaO7. The molecule has 2 N–H and O–H groups in total. The number of phenols is 2. The first-order valence-electron chi connectivity index (χ1n) is 7.14. The maximum absolute atomic E-state index is 11.7. The van der Waals surface area contributed by atoms with Crippen molar-refractivity contribution in [3.63, 3.8) is 0 Å². The first-order chi connectivity index (χ1) is 11.5. The summed E-state index contributed by atoms with van der Waals surface area (Å²) >= 11 is 0. The predicted molar refractivity (Wildman–Crippen MR) is 84.6 cm³/mol. The van der Waals surface area contributed by atoms with Gasteiger partial charge < -0.3 is 34.0 Å². The number of phenolic OH excluding ortho intramolecular Hbond substituents is 2. The Labute approximate surface area is 168 Å². The van der Waals surface area contributed by atoms with Gasteiger partial charge in [0.1, 0.15) is 23.0 Å². The van der Waals surface area contributed by atoms with Crippen LogP contribution in [-0.2, 0) is 22.5 Å². The van der Waals surface area contributed by atoms with E-state index in [4.69, 9.17) is 18.8 Å². The Morgan fingerprint density at radius 2 is 1.24 bits per heavy atom. The molecule has 0 saturated heterocycles. The van der Waals surface area contributed by atoms with Gasteiger partial charge in [0.15, 0.2) is 0 Å². The Hall–Kier alpha value is -1.42. The van der Waals surface area contributed by atoms with E-state index in [1.807, 2.05) is 0 Å². The molecule has 7 nitrogen and oxygen atoms in total. The largest absolute Gasteiger partial charge is 1.00 e. The van der Waals surface area contributed by atoms with Crippen LogP contribution >= 0.6 is 0 Å². The van der Waals surface area contributed by atoms with Gasteiger partial charge in [-0.2, -0.15) is 0 Å². The molecule has 0 unspecified atom stereocenters. The van der Waals surface area contributed by atoms with Gasteiger partial charge in [0, 0.05) is 11.1 Å². The van der Waals surface area contributed by atoms with Crippen LogP contribution in [0.1, 0.15) is 11.1 Å². The zero-order valence-corrected chi connectivity index (χ0v) is 16.4. The monoisotopic (exact) mass is 356 g/mol. The van der Waals surface area contributed by atoms with Crippen molar-refractivity contribution in [3.8, 4) is 23.0 Å². The van der Waals surface area contributed by atoms with Crippen molar-refractivity contribution in [1.82, 2.24) is 0 Å². The van der Waals surface area contributed by atoms with Crippen LogP contribution in [0, 0.1) is 0 Å². The summed E-state index contributed by atoms with van der Waals surface area (Å²) in [6.07, 6.45) is 0. The summed E-state index contributed by atoms with van der Waals surface area (Å²) < 4.78 is 20.1. The zero-order valence-electron chi connectivity index (χ0n) is 14.4. The second-order valence-electron chi connectivity index (χ2n) is 4.90. The molecule has 0 spiro atoms. The summed E-state index contributed by atoms with van der Waals surface area (Å²) in [5, 5.41) is 31.2. The Kier molecular flexibility index (Phi) is 9.12. The molecule has 2 aromatic carbocycles. The standard InChI is InChI=1S/C16H18BO7.Na/c1-21-13-3-5-15(18)11(7-13)9-23-17(20)24-10-12-8-14(22-2)4-6-16(12)19;/h3-8,18-19H,9-10H2,1-2H3;/q-1;+1. The summed E-state index contributed by atoms with van der Waals surface area (Å²) in [6.45, 7) is -0.275. The minimum atomic E-state index is -1.78. The Bertz CT molecular complexity index is 626. The average molecular weight is 356 g/mol. The second-order valence-corrected chi connectivity index (χ2v) is 4.90. The fourth-order valence-electron chi connectivity index (χ4n) is 1.97. The number of benzene rings is 2. The van der Waals surface area contributed by atoms with Crippen molar-refractivity contribution >= 4 is 7.32 Å². The molecule has 0 saturated carbocycles. The van der Waals surface area contributed by atoms with Crippen molar-refractivity contribution in [2.24, 2.45) is 0 Å². The quantitative estimate of drug-likeness (QED) is 0.538. The van der Waals surface area contributed by atoms with Gasteiger partial charge in [-0.15, -0.1) is 0 Å². The first-order valence-corrected chi connectivity index (χ1v) is 7.14. The van der Waals surface area contributed by atoms with Gasteiger partial charge in [0.05, 0.1) is 27.4 Å².